The molecule has 6 aromatic heterocycles. The van der Waals surface area contributed by atoms with Gasteiger partial charge < -0.3 is 9.13 Å². The second kappa shape index (κ2) is 12.2. The average molecular weight is 662 g/mol. The van der Waals surface area contributed by atoms with E-state index in [0.29, 0.717) is 0 Å². The standard InChI is InChI=1S/2C16H11ClN2S2/c2*17-11-5-6-14-13(9-11)18-16(15-4-2-8-21-15)19(14)10-12-3-1-7-20-12/h2*1-9H,10H2. The van der Waals surface area contributed by atoms with Crippen LogP contribution in [-0.4, -0.2) is 19.1 Å². The van der Waals surface area contributed by atoms with E-state index >= 15 is 0 Å². The molecular weight excluding hydrogens is 640 g/mol. The fourth-order valence-electron chi connectivity index (χ4n) is 4.83. The number of benzene rings is 2. The number of nitrogens with zero attached hydrogens (tertiary/aromatic N) is 4. The summed E-state index contributed by atoms with van der Waals surface area (Å²) in [4.78, 5) is 14.6. The highest BCUT2D eigenvalue weighted by molar-refractivity contribution is 7.13. The van der Waals surface area contributed by atoms with Gasteiger partial charge in [-0.3, -0.25) is 0 Å². The summed E-state index contributed by atoms with van der Waals surface area (Å²) < 4.78 is 4.53. The second-order valence-corrected chi connectivity index (χ2v) is 14.3. The van der Waals surface area contributed by atoms with E-state index in [1.807, 2.05) is 24.3 Å². The maximum Gasteiger partial charge on any atom is 0.151 e. The van der Waals surface area contributed by atoms with Crippen molar-refractivity contribution in [1.82, 2.24) is 19.1 Å². The topological polar surface area (TPSA) is 35.6 Å². The average Bonchev–Trinajstić information content (AvgIpc) is 3.83. The molecule has 208 valence electrons. The molecule has 0 aliphatic rings. The van der Waals surface area contributed by atoms with Crippen LogP contribution in [0.15, 0.2) is 106 Å². The monoisotopic (exact) mass is 660 g/mol. The Bertz CT molecular complexity index is 1900. The predicted octanol–water partition coefficient (Wildman–Crippen LogP) is 11.1. The Morgan fingerprint density at radius 1 is 0.524 bits per heavy atom. The molecule has 42 heavy (non-hydrogen) atoms. The lowest BCUT2D eigenvalue weighted by atomic mass is 10.3. The van der Waals surface area contributed by atoms with E-state index in [9.17, 15) is 0 Å². The molecule has 0 aliphatic heterocycles. The fraction of sp³-hybridized carbons (Fsp3) is 0.0625. The van der Waals surface area contributed by atoms with Crippen LogP contribution in [-0.2, 0) is 13.1 Å². The lowest BCUT2D eigenvalue weighted by Gasteiger charge is -2.06. The zero-order chi connectivity index (χ0) is 28.5. The van der Waals surface area contributed by atoms with Crippen LogP contribution >= 0.6 is 68.5 Å². The fourth-order valence-corrected chi connectivity index (χ4v) is 7.99. The first-order chi connectivity index (χ1) is 20.6. The van der Waals surface area contributed by atoms with E-state index in [1.54, 1.807) is 45.3 Å². The van der Waals surface area contributed by atoms with Crippen molar-refractivity contribution in [3.63, 3.8) is 0 Å². The maximum atomic E-state index is 6.10. The zero-order valence-corrected chi connectivity index (χ0v) is 26.8. The molecule has 0 fully saturated rings. The normalized spacial score (nSPS) is 11.3. The second-order valence-electron chi connectivity index (χ2n) is 9.42. The molecule has 0 bridgehead atoms. The third-order valence-corrected chi connectivity index (χ3v) is 10.6. The molecule has 8 rings (SSSR count). The summed E-state index contributed by atoms with van der Waals surface area (Å²) in [6, 6.07) is 28.6. The van der Waals surface area contributed by atoms with Gasteiger partial charge in [0, 0.05) is 19.8 Å². The summed E-state index contributed by atoms with van der Waals surface area (Å²) in [5, 5.41) is 9.82. The maximum absolute atomic E-state index is 6.10. The molecule has 0 saturated heterocycles. The highest BCUT2D eigenvalue weighted by atomic mass is 35.5. The summed E-state index contributed by atoms with van der Waals surface area (Å²) in [6.07, 6.45) is 0. The SMILES string of the molecule is Clc1ccc2c(c1)nc(-c1cccs1)n2Cc1cccs1.Clc1ccc2c(c1)nc(-c1cccs1)n2Cc1cccs1. The van der Waals surface area contributed by atoms with Crippen molar-refractivity contribution >= 4 is 90.6 Å². The van der Waals surface area contributed by atoms with Gasteiger partial charge in [-0.15, -0.1) is 45.3 Å². The Hall–Kier alpha value is -3.24. The first kappa shape index (κ1) is 27.6. The number of hydrogen-bond donors (Lipinski definition) is 0. The smallest absolute Gasteiger partial charge is 0.151 e. The molecule has 0 N–H and O–H groups in total. The Morgan fingerprint density at radius 3 is 1.33 bits per heavy atom. The molecular formula is C32H22Cl2N4S4. The summed E-state index contributed by atoms with van der Waals surface area (Å²) in [7, 11) is 0. The van der Waals surface area contributed by atoms with E-state index in [0.717, 1.165) is 56.9 Å². The predicted molar refractivity (Wildman–Crippen MR) is 183 cm³/mol. The van der Waals surface area contributed by atoms with Gasteiger partial charge >= 0.3 is 0 Å². The van der Waals surface area contributed by atoms with Gasteiger partial charge in [-0.25, -0.2) is 9.97 Å². The van der Waals surface area contributed by atoms with E-state index in [2.05, 4.69) is 91.3 Å². The molecule has 2 aromatic carbocycles. The van der Waals surface area contributed by atoms with E-state index in [4.69, 9.17) is 33.2 Å². The van der Waals surface area contributed by atoms with Crippen LogP contribution in [0.3, 0.4) is 0 Å². The van der Waals surface area contributed by atoms with Gasteiger partial charge in [-0.2, -0.15) is 0 Å². The molecule has 0 saturated carbocycles. The molecule has 6 heterocycles. The molecule has 0 radical (unpaired) electrons. The van der Waals surface area contributed by atoms with Gasteiger partial charge in [0.05, 0.1) is 44.9 Å². The van der Waals surface area contributed by atoms with Crippen LogP contribution in [0, 0.1) is 0 Å². The van der Waals surface area contributed by atoms with Crippen molar-refractivity contribution in [2.45, 2.75) is 13.1 Å². The van der Waals surface area contributed by atoms with Crippen LogP contribution in [0.25, 0.3) is 43.5 Å². The van der Waals surface area contributed by atoms with Crippen molar-refractivity contribution in [2.24, 2.45) is 0 Å². The number of fused-ring (bicyclic) bond motifs is 2. The summed E-state index contributed by atoms with van der Waals surface area (Å²) in [5.41, 5.74) is 4.14. The summed E-state index contributed by atoms with van der Waals surface area (Å²) in [5.74, 6) is 2.02. The quantitative estimate of drug-likeness (QED) is 0.178. The van der Waals surface area contributed by atoms with Crippen LogP contribution in [0.5, 0.6) is 0 Å². The minimum atomic E-state index is 0.723. The van der Waals surface area contributed by atoms with E-state index in [1.165, 1.54) is 19.5 Å². The first-order valence-corrected chi connectivity index (χ1v) is 17.3. The van der Waals surface area contributed by atoms with Crippen LogP contribution in [0.4, 0.5) is 0 Å². The molecule has 0 spiro atoms. The van der Waals surface area contributed by atoms with Crippen molar-refractivity contribution in [3.8, 4) is 21.4 Å². The minimum absolute atomic E-state index is 0.723. The molecule has 0 atom stereocenters. The number of aromatic nitrogens is 4. The third kappa shape index (κ3) is 5.71. The molecule has 10 heteroatoms. The summed E-state index contributed by atoms with van der Waals surface area (Å²) >= 11 is 19.2. The van der Waals surface area contributed by atoms with Crippen LogP contribution < -0.4 is 0 Å². The Kier molecular flexibility index (Phi) is 7.99. The molecule has 0 aliphatic carbocycles. The lowest BCUT2D eigenvalue weighted by Crippen LogP contribution is -1.99. The van der Waals surface area contributed by atoms with Crippen molar-refractivity contribution in [3.05, 3.63) is 126 Å². The van der Waals surface area contributed by atoms with Gasteiger partial charge in [0.15, 0.2) is 11.6 Å². The van der Waals surface area contributed by atoms with Gasteiger partial charge in [0.2, 0.25) is 0 Å². The van der Waals surface area contributed by atoms with Crippen molar-refractivity contribution in [2.75, 3.05) is 0 Å². The highest BCUT2D eigenvalue weighted by Gasteiger charge is 2.16. The van der Waals surface area contributed by atoms with E-state index in [-0.39, 0.29) is 0 Å². The van der Waals surface area contributed by atoms with Gasteiger partial charge in [-0.1, -0.05) is 47.5 Å². The molecule has 8 aromatic rings. The number of hydrogen-bond acceptors (Lipinski definition) is 6. The Labute approximate surface area is 268 Å². The van der Waals surface area contributed by atoms with Crippen LogP contribution in [0.1, 0.15) is 9.75 Å². The first-order valence-electron chi connectivity index (χ1n) is 13.1. The van der Waals surface area contributed by atoms with E-state index < -0.39 is 0 Å². The number of imidazole rings is 2. The zero-order valence-electron chi connectivity index (χ0n) is 22.0. The Morgan fingerprint density at radius 2 is 0.952 bits per heavy atom. The molecule has 0 unspecified atom stereocenters. The van der Waals surface area contributed by atoms with Gasteiger partial charge in [0.1, 0.15) is 0 Å². The highest BCUT2D eigenvalue weighted by Crippen LogP contribution is 2.32. The Balaban J connectivity index is 0.000000137. The van der Waals surface area contributed by atoms with Crippen LogP contribution in [0.2, 0.25) is 10.0 Å². The minimum Gasteiger partial charge on any atom is -0.318 e. The van der Waals surface area contributed by atoms with Gasteiger partial charge in [0.25, 0.3) is 0 Å². The number of halogens is 2. The van der Waals surface area contributed by atoms with Crippen molar-refractivity contribution < 1.29 is 0 Å². The number of rotatable bonds is 6. The largest absolute Gasteiger partial charge is 0.318 e. The molecule has 4 nitrogen and oxygen atoms in total. The lowest BCUT2D eigenvalue weighted by molar-refractivity contribution is 0.850. The summed E-state index contributed by atoms with van der Waals surface area (Å²) in [6.45, 7) is 1.67. The third-order valence-electron chi connectivity index (χ3n) is 6.69. The van der Waals surface area contributed by atoms with Crippen molar-refractivity contribution in [1.29, 1.82) is 0 Å². The molecule has 0 amide bonds. The van der Waals surface area contributed by atoms with Gasteiger partial charge in [-0.05, 0) is 82.2 Å². The number of thiophene rings is 4.